The molecule has 38 heavy (non-hydrogen) atoms. The summed E-state index contributed by atoms with van der Waals surface area (Å²) in [5, 5.41) is 1.52. The number of hydrogen-bond acceptors (Lipinski definition) is 4. The molecule has 1 saturated carbocycles. The van der Waals surface area contributed by atoms with Crippen molar-refractivity contribution in [1.29, 1.82) is 0 Å². The summed E-state index contributed by atoms with van der Waals surface area (Å²) >= 11 is 8.30. The molecule has 1 atom stereocenters. The number of carbonyl (C=O) groups is 1. The highest BCUT2D eigenvalue weighted by atomic mass is 35.5. The zero-order valence-corrected chi connectivity index (χ0v) is 23.6. The Morgan fingerprint density at radius 1 is 1.05 bits per heavy atom. The van der Waals surface area contributed by atoms with Crippen LogP contribution in [0.15, 0.2) is 85.7 Å². The molecule has 2 aromatic heterocycles. The minimum atomic E-state index is 0.0294. The molecular weight excluding hydrogens is 510 g/mol. The van der Waals surface area contributed by atoms with E-state index in [0.717, 1.165) is 52.5 Å². The number of benzene rings is 2. The fourth-order valence-electron chi connectivity index (χ4n) is 5.52. The number of pyridine rings is 1. The summed E-state index contributed by atoms with van der Waals surface area (Å²) in [4.78, 5) is 23.5. The Morgan fingerprint density at radius 3 is 2.47 bits per heavy atom. The molecule has 0 aliphatic heterocycles. The van der Waals surface area contributed by atoms with Crippen molar-refractivity contribution in [2.75, 3.05) is 7.05 Å². The molecule has 0 bridgehead atoms. The quantitative estimate of drug-likeness (QED) is 0.211. The lowest BCUT2D eigenvalue weighted by molar-refractivity contribution is 0.0549. The van der Waals surface area contributed by atoms with E-state index in [9.17, 15) is 4.79 Å². The highest BCUT2D eigenvalue weighted by Crippen LogP contribution is 2.38. The van der Waals surface area contributed by atoms with Gasteiger partial charge in [-0.3, -0.25) is 14.7 Å². The number of amides is 1. The molecule has 4 aromatic rings. The van der Waals surface area contributed by atoms with Crippen LogP contribution in [0.2, 0.25) is 5.02 Å². The number of rotatable bonds is 8. The smallest absolute Gasteiger partial charge is 0.266 e. The van der Waals surface area contributed by atoms with Crippen LogP contribution in [-0.2, 0) is 6.54 Å². The van der Waals surface area contributed by atoms with E-state index < -0.39 is 0 Å². The van der Waals surface area contributed by atoms with Gasteiger partial charge in [-0.25, -0.2) is 0 Å². The van der Waals surface area contributed by atoms with Crippen molar-refractivity contribution in [2.24, 2.45) is 0 Å². The van der Waals surface area contributed by atoms with Crippen LogP contribution in [0.4, 0.5) is 0 Å². The second-order valence-electron chi connectivity index (χ2n) is 10.2. The zero-order chi connectivity index (χ0) is 26.6. The van der Waals surface area contributed by atoms with E-state index in [0.29, 0.717) is 28.5 Å². The summed E-state index contributed by atoms with van der Waals surface area (Å²) in [6.07, 6.45) is 9.67. The van der Waals surface area contributed by atoms with Crippen LogP contribution in [0.25, 0.3) is 21.2 Å². The molecule has 2 aromatic carbocycles. The summed E-state index contributed by atoms with van der Waals surface area (Å²) < 4.78 is 1.05. The Bertz CT molecular complexity index is 1410. The van der Waals surface area contributed by atoms with E-state index in [1.807, 2.05) is 54.9 Å². The number of nitrogens with zero attached hydrogens (tertiary/aromatic N) is 3. The molecule has 196 valence electrons. The molecule has 0 spiro atoms. The van der Waals surface area contributed by atoms with Crippen molar-refractivity contribution >= 4 is 38.9 Å². The van der Waals surface area contributed by atoms with E-state index in [-0.39, 0.29) is 11.9 Å². The number of hydrogen-bond donors (Lipinski definition) is 0. The third-order valence-corrected chi connectivity index (χ3v) is 9.61. The van der Waals surface area contributed by atoms with Crippen LogP contribution in [-0.4, -0.2) is 45.9 Å². The van der Waals surface area contributed by atoms with Crippen molar-refractivity contribution in [3.05, 3.63) is 101 Å². The Kier molecular flexibility index (Phi) is 8.27. The number of halogens is 1. The van der Waals surface area contributed by atoms with E-state index in [4.69, 9.17) is 11.6 Å². The van der Waals surface area contributed by atoms with Gasteiger partial charge in [-0.15, -0.1) is 17.9 Å². The van der Waals surface area contributed by atoms with Crippen molar-refractivity contribution in [3.63, 3.8) is 0 Å². The summed E-state index contributed by atoms with van der Waals surface area (Å²) in [5.74, 6) is 0.0294. The zero-order valence-electron chi connectivity index (χ0n) is 22.0. The van der Waals surface area contributed by atoms with Crippen molar-refractivity contribution < 1.29 is 4.79 Å². The van der Waals surface area contributed by atoms with Crippen LogP contribution in [0.3, 0.4) is 0 Å². The average molecular weight is 544 g/mol. The molecule has 1 fully saturated rings. The van der Waals surface area contributed by atoms with Crippen LogP contribution >= 0.6 is 22.9 Å². The van der Waals surface area contributed by atoms with Crippen molar-refractivity contribution in [1.82, 2.24) is 14.8 Å². The molecule has 0 N–H and O–H groups in total. The summed E-state index contributed by atoms with van der Waals surface area (Å²) in [7, 11) is 2.18. The van der Waals surface area contributed by atoms with E-state index in [1.54, 1.807) is 0 Å². The SMILES string of the molecule is C=CC(C)N(C)C1CCC(N(Cc2cccc(-c3ccncc3)c2)C(=O)c2sc3ccccc3c2Cl)CC1. The molecule has 1 aliphatic rings. The minimum Gasteiger partial charge on any atom is -0.331 e. The number of fused-ring (bicyclic) bond motifs is 1. The summed E-state index contributed by atoms with van der Waals surface area (Å²) in [5.41, 5.74) is 3.36. The molecule has 6 heteroatoms. The first-order valence-corrected chi connectivity index (χ1v) is 14.5. The number of likely N-dealkylation sites (N-methyl/N-ethyl adjacent to an activating group) is 1. The van der Waals surface area contributed by atoms with Crippen LogP contribution in [0, 0.1) is 0 Å². The molecule has 1 aliphatic carbocycles. The number of thiophene rings is 1. The Morgan fingerprint density at radius 2 is 1.76 bits per heavy atom. The topological polar surface area (TPSA) is 36.4 Å². The van der Waals surface area contributed by atoms with Gasteiger partial charge < -0.3 is 4.90 Å². The molecule has 0 saturated heterocycles. The summed E-state index contributed by atoms with van der Waals surface area (Å²) in [6, 6.07) is 21.5. The first-order chi connectivity index (χ1) is 18.5. The standard InChI is InChI=1S/C32H34ClN3OS/c1-4-22(2)35(3)26-12-14-27(15-13-26)36(32(37)31-30(33)28-10-5-6-11-29(28)38-31)21-23-8-7-9-25(20-23)24-16-18-34-19-17-24/h4-11,16-20,22,26-27H,1,12-15,21H2,2-3H3. The number of aromatic nitrogens is 1. The van der Waals surface area contributed by atoms with Gasteiger partial charge in [-0.1, -0.05) is 54.1 Å². The van der Waals surface area contributed by atoms with Gasteiger partial charge in [-0.05, 0) is 80.6 Å². The Hall–Kier alpha value is -2.99. The maximum absolute atomic E-state index is 14.2. The predicted molar refractivity (Wildman–Crippen MR) is 160 cm³/mol. The second-order valence-corrected chi connectivity index (χ2v) is 11.6. The molecule has 4 nitrogen and oxygen atoms in total. The van der Waals surface area contributed by atoms with E-state index >= 15 is 0 Å². The Labute approximate surface area is 234 Å². The fourth-order valence-corrected chi connectivity index (χ4v) is 6.98. The third-order valence-electron chi connectivity index (χ3n) is 7.95. The van der Waals surface area contributed by atoms with Gasteiger partial charge in [0, 0.05) is 47.2 Å². The van der Waals surface area contributed by atoms with E-state index in [2.05, 4.69) is 59.6 Å². The van der Waals surface area contributed by atoms with Gasteiger partial charge in [0.25, 0.3) is 5.91 Å². The van der Waals surface area contributed by atoms with Gasteiger partial charge >= 0.3 is 0 Å². The minimum absolute atomic E-state index is 0.0294. The predicted octanol–water partition coefficient (Wildman–Crippen LogP) is 8.08. The van der Waals surface area contributed by atoms with Gasteiger partial charge in [-0.2, -0.15) is 0 Å². The van der Waals surface area contributed by atoms with Crippen molar-refractivity contribution in [3.8, 4) is 11.1 Å². The number of carbonyl (C=O) groups excluding carboxylic acids is 1. The average Bonchev–Trinajstić information content (AvgIpc) is 3.31. The first kappa shape index (κ1) is 26.6. The van der Waals surface area contributed by atoms with E-state index in [1.165, 1.54) is 11.3 Å². The van der Waals surface area contributed by atoms with Gasteiger partial charge in [0.1, 0.15) is 4.88 Å². The largest absolute Gasteiger partial charge is 0.331 e. The first-order valence-electron chi connectivity index (χ1n) is 13.3. The fraction of sp³-hybridized carbons (Fsp3) is 0.312. The molecule has 5 rings (SSSR count). The third kappa shape index (κ3) is 5.56. The summed E-state index contributed by atoms with van der Waals surface area (Å²) in [6.45, 7) is 6.71. The van der Waals surface area contributed by atoms with Crippen LogP contribution in [0.1, 0.15) is 47.8 Å². The molecule has 0 radical (unpaired) electrons. The normalized spacial score (nSPS) is 18.4. The van der Waals surface area contributed by atoms with Crippen LogP contribution in [0.5, 0.6) is 0 Å². The highest BCUT2D eigenvalue weighted by molar-refractivity contribution is 7.21. The molecular formula is C32H34ClN3OS. The lowest BCUT2D eigenvalue weighted by Gasteiger charge is -2.41. The van der Waals surface area contributed by atoms with Gasteiger partial charge in [0.05, 0.1) is 5.02 Å². The van der Waals surface area contributed by atoms with Gasteiger partial charge in [0.15, 0.2) is 0 Å². The monoisotopic (exact) mass is 543 g/mol. The second kappa shape index (κ2) is 11.8. The molecule has 1 unspecified atom stereocenters. The maximum atomic E-state index is 14.2. The molecule has 2 heterocycles. The molecule has 1 amide bonds. The van der Waals surface area contributed by atoms with Crippen molar-refractivity contribution in [2.45, 2.75) is 57.3 Å². The van der Waals surface area contributed by atoms with Gasteiger partial charge in [0.2, 0.25) is 0 Å². The van der Waals surface area contributed by atoms with Crippen LogP contribution < -0.4 is 0 Å². The maximum Gasteiger partial charge on any atom is 0.266 e. The Balaban J connectivity index is 1.44. The lowest BCUT2D eigenvalue weighted by Crippen LogP contribution is -2.46. The highest BCUT2D eigenvalue weighted by Gasteiger charge is 2.33. The lowest BCUT2D eigenvalue weighted by atomic mass is 9.88.